The SMILES string of the molecule is CCCCCCCCCC.CCCCCCCCCC.CCCCCCCCCC.CCCCCCCCCC.CCCCCCCCCC.CCCCCCCCCC.CCCCCCCCCC.CCCCCCCCCC.Cc1ncc[nH]1. The van der Waals surface area contributed by atoms with Gasteiger partial charge in [0.1, 0.15) is 5.82 Å². The van der Waals surface area contributed by atoms with Gasteiger partial charge < -0.3 is 4.98 Å². The van der Waals surface area contributed by atoms with E-state index in [1.54, 1.807) is 12.4 Å². The molecule has 0 spiro atoms. The summed E-state index contributed by atoms with van der Waals surface area (Å²) in [6.07, 6.45) is 95.2. The summed E-state index contributed by atoms with van der Waals surface area (Å²) < 4.78 is 0. The Morgan fingerprint density at radius 1 is 0.174 bits per heavy atom. The normalized spacial score (nSPS) is 10.1. The van der Waals surface area contributed by atoms with Crippen LogP contribution in [0.1, 0.15) is 528 Å². The van der Waals surface area contributed by atoms with Crippen molar-refractivity contribution >= 4 is 0 Å². The standard InChI is InChI=1S/8C10H22.C4H6N2/c8*1-3-5-7-9-10-8-6-4-2;1-4-5-2-3-6-4/h8*3-10H2,1-2H3;2-3H,1H3,(H,5,6). The molecule has 2 heteroatoms. The largest absolute Gasteiger partial charge is 0.349 e. The van der Waals surface area contributed by atoms with Crippen molar-refractivity contribution in [3.8, 4) is 0 Å². The van der Waals surface area contributed by atoms with Gasteiger partial charge in [-0.25, -0.2) is 4.98 Å². The Balaban J connectivity index is -0.000000133. The monoisotopic (exact) mass is 1220 g/mol. The zero-order valence-corrected chi connectivity index (χ0v) is 64.9. The molecule has 2 nitrogen and oxygen atoms in total. The van der Waals surface area contributed by atoms with Crippen LogP contribution in [0.3, 0.4) is 0 Å². The van der Waals surface area contributed by atoms with Crippen molar-refractivity contribution in [2.24, 2.45) is 0 Å². The van der Waals surface area contributed by atoms with E-state index in [0.29, 0.717) is 0 Å². The van der Waals surface area contributed by atoms with Gasteiger partial charge in [-0.2, -0.15) is 0 Å². The van der Waals surface area contributed by atoms with Crippen molar-refractivity contribution in [2.45, 2.75) is 529 Å². The van der Waals surface area contributed by atoms with E-state index >= 15 is 0 Å². The first-order valence-electron chi connectivity index (χ1n) is 41.2. The molecular weight excluding hydrogens is 1040 g/mol. The molecule has 0 radical (unpaired) electrons. The quantitative estimate of drug-likeness (QED) is 0.0647. The number of unbranched alkanes of at least 4 members (excludes halogenated alkanes) is 56. The molecule has 0 saturated heterocycles. The van der Waals surface area contributed by atoms with Gasteiger partial charge in [-0.1, -0.05) is 522 Å². The average molecular weight is 1220 g/mol. The Labute approximate surface area is 553 Å². The van der Waals surface area contributed by atoms with Crippen LogP contribution in [0.15, 0.2) is 12.4 Å². The molecule has 0 aliphatic heterocycles. The maximum Gasteiger partial charge on any atom is 0.102 e. The van der Waals surface area contributed by atoms with E-state index in [0.717, 1.165) is 5.82 Å². The summed E-state index contributed by atoms with van der Waals surface area (Å²) >= 11 is 0. The summed E-state index contributed by atoms with van der Waals surface area (Å²) in [6.45, 7) is 38.2. The number of imidazole rings is 1. The fourth-order valence-corrected chi connectivity index (χ4v) is 10.0. The summed E-state index contributed by atoms with van der Waals surface area (Å²) in [4.78, 5) is 6.75. The summed E-state index contributed by atoms with van der Waals surface area (Å²) in [7, 11) is 0. The van der Waals surface area contributed by atoms with Crippen LogP contribution < -0.4 is 0 Å². The van der Waals surface area contributed by atoms with Crippen molar-refractivity contribution in [1.82, 2.24) is 9.97 Å². The average Bonchev–Trinajstić information content (AvgIpc) is 4.02. The second-order valence-corrected chi connectivity index (χ2v) is 26.1. The minimum atomic E-state index is 0.968. The van der Waals surface area contributed by atoms with Crippen LogP contribution in [0.2, 0.25) is 0 Å². The number of rotatable bonds is 56. The second-order valence-electron chi connectivity index (χ2n) is 26.1. The molecule has 1 aromatic heterocycles. The summed E-state index contributed by atoms with van der Waals surface area (Å²) in [6, 6.07) is 0. The lowest BCUT2D eigenvalue weighted by atomic mass is 10.1. The lowest BCUT2D eigenvalue weighted by Gasteiger charge is -1.97. The summed E-state index contributed by atoms with van der Waals surface area (Å²) in [5, 5.41) is 0. The fourth-order valence-electron chi connectivity index (χ4n) is 10.0. The Hall–Kier alpha value is -0.790. The highest BCUT2D eigenvalue weighted by molar-refractivity contribution is 4.80. The van der Waals surface area contributed by atoms with E-state index in [4.69, 9.17) is 0 Å². The number of hydrogen-bond donors (Lipinski definition) is 1. The number of aromatic amines is 1. The van der Waals surface area contributed by atoms with Gasteiger partial charge in [-0.15, -0.1) is 0 Å². The summed E-state index contributed by atoms with van der Waals surface area (Å²) in [5.41, 5.74) is 0. The molecule has 0 amide bonds. The van der Waals surface area contributed by atoms with E-state index in [1.807, 2.05) is 6.92 Å². The first-order valence-corrected chi connectivity index (χ1v) is 41.2. The molecule has 0 aliphatic carbocycles. The second kappa shape index (κ2) is 118. The minimum Gasteiger partial charge on any atom is -0.349 e. The number of aromatic nitrogens is 2. The van der Waals surface area contributed by atoms with Gasteiger partial charge in [-0.05, 0) is 6.92 Å². The molecule has 0 bridgehead atoms. The number of nitrogens with zero attached hydrogens (tertiary/aromatic N) is 1. The lowest BCUT2D eigenvalue weighted by molar-refractivity contribution is 0.585. The zero-order valence-electron chi connectivity index (χ0n) is 64.9. The van der Waals surface area contributed by atoms with Gasteiger partial charge >= 0.3 is 0 Å². The van der Waals surface area contributed by atoms with Gasteiger partial charge in [0.25, 0.3) is 0 Å². The molecule has 1 heterocycles. The molecule has 0 saturated carbocycles. The highest BCUT2D eigenvalue weighted by Crippen LogP contribution is 2.13. The van der Waals surface area contributed by atoms with Crippen molar-refractivity contribution < 1.29 is 0 Å². The van der Waals surface area contributed by atoms with Crippen molar-refractivity contribution in [3.63, 3.8) is 0 Å². The Kier molecular flexibility index (Phi) is 139. The maximum absolute atomic E-state index is 3.86. The molecule has 0 aliphatic rings. The smallest absolute Gasteiger partial charge is 0.102 e. The van der Waals surface area contributed by atoms with Gasteiger partial charge in [0, 0.05) is 12.4 Å². The van der Waals surface area contributed by atoms with Crippen LogP contribution in [0.25, 0.3) is 0 Å². The first kappa shape index (κ1) is 101. The lowest BCUT2D eigenvalue weighted by Crippen LogP contribution is -1.77. The molecule has 86 heavy (non-hydrogen) atoms. The van der Waals surface area contributed by atoms with Gasteiger partial charge in [-0.3, -0.25) is 0 Å². The van der Waals surface area contributed by atoms with E-state index in [9.17, 15) is 0 Å². The third-order valence-electron chi connectivity index (χ3n) is 16.3. The molecule has 1 N–H and O–H groups in total. The number of hydrogen-bond acceptors (Lipinski definition) is 1. The topological polar surface area (TPSA) is 28.7 Å². The number of nitrogens with one attached hydrogen (secondary N) is 1. The van der Waals surface area contributed by atoms with Crippen LogP contribution in [0, 0.1) is 6.92 Å². The molecule has 1 aromatic rings. The molecular formula is C84H182N2. The van der Waals surface area contributed by atoms with Crippen LogP contribution in [0.4, 0.5) is 0 Å². The number of H-pyrrole nitrogens is 1. The molecule has 0 fully saturated rings. The van der Waals surface area contributed by atoms with Crippen molar-refractivity contribution in [2.75, 3.05) is 0 Å². The zero-order chi connectivity index (χ0) is 65.7. The van der Waals surface area contributed by atoms with E-state index in [1.165, 1.54) is 411 Å². The van der Waals surface area contributed by atoms with E-state index in [2.05, 4.69) is 121 Å². The van der Waals surface area contributed by atoms with E-state index < -0.39 is 0 Å². The molecule has 0 atom stereocenters. The fraction of sp³-hybridized carbons (Fsp3) is 0.964. The van der Waals surface area contributed by atoms with Crippen LogP contribution in [-0.2, 0) is 0 Å². The first-order chi connectivity index (χ1) is 42.2. The van der Waals surface area contributed by atoms with Crippen LogP contribution in [-0.4, -0.2) is 9.97 Å². The molecule has 0 aromatic carbocycles. The summed E-state index contributed by atoms with van der Waals surface area (Å²) in [5.74, 6) is 0.968. The number of aryl methyl sites for hydroxylation is 1. The van der Waals surface area contributed by atoms with Crippen LogP contribution >= 0.6 is 0 Å². The highest BCUT2D eigenvalue weighted by atomic mass is 14.9. The van der Waals surface area contributed by atoms with Gasteiger partial charge in [0.15, 0.2) is 0 Å². The van der Waals surface area contributed by atoms with Gasteiger partial charge in [0.2, 0.25) is 0 Å². The van der Waals surface area contributed by atoms with E-state index in [-0.39, 0.29) is 0 Å². The Bertz CT molecular complexity index is 745. The maximum atomic E-state index is 3.86. The van der Waals surface area contributed by atoms with Gasteiger partial charge in [0.05, 0.1) is 0 Å². The van der Waals surface area contributed by atoms with Crippen molar-refractivity contribution in [1.29, 1.82) is 0 Å². The predicted octanol–water partition coefficient (Wildman–Crippen LogP) is 33.9. The third-order valence-corrected chi connectivity index (χ3v) is 16.3. The Morgan fingerprint density at radius 2 is 0.267 bits per heavy atom. The molecule has 528 valence electrons. The third kappa shape index (κ3) is 145. The van der Waals surface area contributed by atoms with Crippen molar-refractivity contribution in [3.05, 3.63) is 18.2 Å². The predicted molar refractivity (Wildman–Crippen MR) is 410 cm³/mol. The van der Waals surface area contributed by atoms with Crippen LogP contribution in [0.5, 0.6) is 0 Å². The highest BCUT2D eigenvalue weighted by Gasteiger charge is 1.94. The molecule has 1 rings (SSSR count). The molecule has 0 unspecified atom stereocenters. The Morgan fingerprint density at radius 3 is 0.314 bits per heavy atom. The minimum absolute atomic E-state index is 0.968.